The molecule has 0 aliphatic carbocycles. The first-order valence-corrected chi connectivity index (χ1v) is 8.22. The summed E-state index contributed by atoms with van der Waals surface area (Å²) >= 11 is 9.24. The summed E-state index contributed by atoms with van der Waals surface area (Å²) < 4.78 is 28.8. The van der Waals surface area contributed by atoms with Gasteiger partial charge in [-0.2, -0.15) is 0 Å². The van der Waals surface area contributed by atoms with Crippen LogP contribution in [-0.2, 0) is 9.84 Å². The van der Waals surface area contributed by atoms with Crippen molar-refractivity contribution in [3.8, 4) is 5.75 Å². The van der Waals surface area contributed by atoms with Crippen LogP contribution in [0.5, 0.6) is 5.75 Å². The van der Waals surface area contributed by atoms with Crippen LogP contribution in [0.3, 0.4) is 0 Å². The number of ether oxygens (including phenoxy) is 1. The average molecular weight is 342 g/mol. The summed E-state index contributed by atoms with van der Waals surface area (Å²) in [5.41, 5.74) is 0. The molecule has 17 heavy (non-hydrogen) atoms. The molecule has 0 saturated carbocycles. The molecule has 0 aliphatic heterocycles. The van der Waals surface area contributed by atoms with Crippen LogP contribution < -0.4 is 4.74 Å². The van der Waals surface area contributed by atoms with Crippen LogP contribution in [-0.4, -0.2) is 26.5 Å². The highest BCUT2D eigenvalue weighted by Gasteiger charge is 2.07. The number of sulfone groups is 1. The fraction of sp³-hybridized carbons (Fsp3) is 0.455. The minimum absolute atomic E-state index is 0.148. The molecular formula is C11H14BrClO3S. The summed E-state index contributed by atoms with van der Waals surface area (Å²) in [4.78, 5) is 0. The van der Waals surface area contributed by atoms with Gasteiger partial charge in [-0.25, -0.2) is 8.42 Å². The van der Waals surface area contributed by atoms with Crippen molar-refractivity contribution in [2.45, 2.75) is 13.3 Å². The molecule has 1 aromatic carbocycles. The number of hydrogen-bond acceptors (Lipinski definition) is 3. The van der Waals surface area contributed by atoms with Gasteiger partial charge in [-0.05, 0) is 24.6 Å². The van der Waals surface area contributed by atoms with Gasteiger partial charge in [0.25, 0.3) is 0 Å². The van der Waals surface area contributed by atoms with E-state index in [9.17, 15) is 8.42 Å². The van der Waals surface area contributed by atoms with Crippen molar-refractivity contribution in [1.82, 2.24) is 0 Å². The maximum Gasteiger partial charge on any atom is 0.150 e. The number of benzene rings is 1. The van der Waals surface area contributed by atoms with E-state index in [1.807, 2.05) is 6.07 Å². The third-order valence-electron chi connectivity index (χ3n) is 2.19. The summed E-state index contributed by atoms with van der Waals surface area (Å²) in [5.74, 6) is 0.884. The lowest BCUT2D eigenvalue weighted by molar-refractivity contribution is 0.317. The second kappa shape index (κ2) is 6.61. The minimum Gasteiger partial charge on any atom is -0.492 e. The Balaban J connectivity index is 2.44. The van der Waals surface area contributed by atoms with E-state index in [1.165, 1.54) is 0 Å². The molecule has 96 valence electrons. The Morgan fingerprint density at radius 2 is 2.12 bits per heavy atom. The molecule has 0 radical (unpaired) electrons. The Kier molecular flexibility index (Phi) is 5.76. The van der Waals surface area contributed by atoms with Crippen LogP contribution in [0.1, 0.15) is 13.3 Å². The summed E-state index contributed by atoms with van der Waals surface area (Å²) in [6.07, 6.45) is 0.471. The van der Waals surface area contributed by atoms with Crippen molar-refractivity contribution >= 4 is 37.4 Å². The summed E-state index contributed by atoms with van der Waals surface area (Å²) in [6, 6.07) is 5.30. The molecule has 3 nitrogen and oxygen atoms in total. The summed E-state index contributed by atoms with van der Waals surface area (Å²) in [5, 5.41) is 0.520. The standard InChI is InChI=1S/C11H14BrClO3S/c1-2-17(14,15)7-3-6-16-11-8-9(12)4-5-10(11)13/h4-5,8H,2-3,6-7H2,1H3. The van der Waals surface area contributed by atoms with E-state index < -0.39 is 9.84 Å². The minimum atomic E-state index is -2.91. The zero-order chi connectivity index (χ0) is 12.9. The number of halogens is 2. The Morgan fingerprint density at radius 3 is 2.76 bits per heavy atom. The van der Waals surface area contributed by atoms with Crippen LogP contribution in [0.4, 0.5) is 0 Å². The molecule has 0 fully saturated rings. The van der Waals surface area contributed by atoms with Crippen molar-refractivity contribution in [1.29, 1.82) is 0 Å². The van der Waals surface area contributed by atoms with Gasteiger partial charge in [0.15, 0.2) is 0 Å². The monoisotopic (exact) mass is 340 g/mol. The van der Waals surface area contributed by atoms with Crippen molar-refractivity contribution in [3.63, 3.8) is 0 Å². The maximum atomic E-state index is 11.2. The Labute approximate surface area is 115 Å². The van der Waals surface area contributed by atoms with Crippen molar-refractivity contribution < 1.29 is 13.2 Å². The maximum absolute atomic E-state index is 11.2. The Bertz CT molecular complexity index is 474. The van der Waals surface area contributed by atoms with Crippen LogP contribution in [0.15, 0.2) is 22.7 Å². The number of rotatable bonds is 6. The molecule has 6 heteroatoms. The third-order valence-corrected chi connectivity index (χ3v) is 4.79. The molecular weight excluding hydrogens is 328 g/mol. The molecule has 0 N–H and O–H groups in total. The van der Waals surface area contributed by atoms with Crippen molar-refractivity contribution in [2.75, 3.05) is 18.1 Å². The average Bonchev–Trinajstić information content (AvgIpc) is 2.29. The van der Waals surface area contributed by atoms with Crippen LogP contribution in [0.25, 0.3) is 0 Å². The third kappa shape index (κ3) is 5.27. The molecule has 1 aromatic rings. The SMILES string of the molecule is CCS(=O)(=O)CCCOc1cc(Br)ccc1Cl. The topological polar surface area (TPSA) is 43.4 Å². The normalized spacial score (nSPS) is 11.5. The van der Waals surface area contributed by atoms with Crippen LogP contribution in [0.2, 0.25) is 5.02 Å². The van der Waals surface area contributed by atoms with Crippen molar-refractivity contribution in [2.24, 2.45) is 0 Å². The van der Waals surface area contributed by atoms with Gasteiger partial charge < -0.3 is 4.74 Å². The van der Waals surface area contributed by atoms with Gasteiger partial charge in [-0.1, -0.05) is 34.5 Å². The second-order valence-electron chi connectivity index (χ2n) is 3.51. The molecule has 0 saturated heterocycles. The first kappa shape index (κ1) is 14.8. The molecule has 1 rings (SSSR count). The predicted octanol–water partition coefficient (Wildman–Crippen LogP) is 3.31. The fourth-order valence-electron chi connectivity index (χ4n) is 1.19. The lowest BCUT2D eigenvalue weighted by Gasteiger charge is -2.08. The smallest absolute Gasteiger partial charge is 0.150 e. The highest BCUT2D eigenvalue weighted by Crippen LogP contribution is 2.27. The first-order chi connectivity index (χ1) is 7.94. The van der Waals surface area contributed by atoms with Gasteiger partial charge >= 0.3 is 0 Å². The lowest BCUT2D eigenvalue weighted by atomic mass is 10.3. The quantitative estimate of drug-likeness (QED) is 0.746. The largest absolute Gasteiger partial charge is 0.492 e. The Morgan fingerprint density at radius 1 is 1.41 bits per heavy atom. The van der Waals surface area contributed by atoms with E-state index in [0.717, 1.165) is 4.47 Å². The van der Waals surface area contributed by atoms with Crippen LogP contribution >= 0.6 is 27.5 Å². The van der Waals surface area contributed by atoms with E-state index >= 15 is 0 Å². The molecule has 0 amide bonds. The van der Waals surface area contributed by atoms with E-state index in [1.54, 1.807) is 19.1 Å². The zero-order valence-corrected chi connectivity index (χ0v) is 12.6. The summed E-state index contributed by atoms with van der Waals surface area (Å²) in [6.45, 7) is 1.98. The second-order valence-corrected chi connectivity index (χ2v) is 7.31. The fourth-order valence-corrected chi connectivity index (χ4v) is 2.55. The molecule has 0 unspecified atom stereocenters. The van der Waals surface area contributed by atoms with Crippen molar-refractivity contribution in [3.05, 3.63) is 27.7 Å². The molecule has 0 atom stereocenters. The van der Waals surface area contributed by atoms with Gasteiger partial charge in [-0.15, -0.1) is 0 Å². The van der Waals surface area contributed by atoms with Gasteiger partial charge in [0.05, 0.1) is 17.4 Å². The molecule has 0 spiro atoms. The molecule has 0 heterocycles. The van der Waals surface area contributed by atoms with Gasteiger partial charge in [0.2, 0.25) is 0 Å². The molecule has 0 aliphatic rings. The molecule has 0 aromatic heterocycles. The van der Waals surface area contributed by atoms with E-state index in [2.05, 4.69) is 15.9 Å². The van der Waals surface area contributed by atoms with Gasteiger partial charge in [0, 0.05) is 10.2 Å². The molecule has 0 bridgehead atoms. The first-order valence-electron chi connectivity index (χ1n) is 5.23. The van der Waals surface area contributed by atoms with E-state index in [-0.39, 0.29) is 11.5 Å². The van der Waals surface area contributed by atoms with E-state index in [4.69, 9.17) is 16.3 Å². The predicted molar refractivity (Wildman–Crippen MR) is 73.6 cm³/mol. The highest BCUT2D eigenvalue weighted by atomic mass is 79.9. The number of hydrogen-bond donors (Lipinski definition) is 0. The lowest BCUT2D eigenvalue weighted by Crippen LogP contribution is -2.11. The zero-order valence-electron chi connectivity index (χ0n) is 9.45. The van der Waals surface area contributed by atoms with Gasteiger partial charge in [-0.3, -0.25) is 0 Å². The van der Waals surface area contributed by atoms with E-state index in [0.29, 0.717) is 23.8 Å². The van der Waals surface area contributed by atoms with Gasteiger partial charge in [0.1, 0.15) is 15.6 Å². The van der Waals surface area contributed by atoms with Crippen LogP contribution in [0, 0.1) is 0 Å². The Hall–Kier alpha value is -0.260. The highest BCUT2D eigenvalue weighted by molar-refractivity contribution is 9.10. The summed E-state index contributed by atoms with van der Waals surface area (Å²) in [7, 11) is -2.91.